The summed E-state index contributed by atoms with van der Waals surface area (Å²) in [4.78, 5) is 0. The summed E-state index contributed by atoms with van der Waals surface area (Å²) in [5, 5.41) is 0. The Balaban J connectivity index is 2.51. The summed E-state index contributed by atoms with van der Waals surface area (Å²) >= 11 is 2.00. The lowest BCUT2D eigenvalue weighted by Crippen LogP contribution is -2.35. The maximum absolute atomic E-state index is 2.35. The third-order valence-electron chi connectivity index (χ3n) is 2.40. The molecular weight excluding hydrogens is 192 g/mol. The van der Waals surface area contributed by atoms with E-state index in [1.165, 1.54) is 23.8 Å². The largest absolute Gasteiger partial charge is 0.253 e. The predicted octanol–water partition coefficient (Wildman–Crippen LogP) is 2.25. The second-order valence-electron chi connectivity index (χ2n) is 3.43. The van der Waals surface area contributed by atoms with Crippen molar-refractivity contribution in [3.8, 4) is 0 Å². The van der Waals surface area contributed by atoms with Gasteiger partial charge in [0.05, 0.1) is 13.1 Å². The minimum absolute atomic E-state index is 1.14. The van der Waals surface area contributed by atoms with Crippen LogP contribution < -0.4 is 4.57 Å². The molecule has 0 aliphatic rings. The molecule has 0 spiro atoms. The summed E-state index contributed by atoms with van der Waals surface area (Å²) in [5.41, 5.74) is 0. The third kappa shape index (κ3) is 3.05. The highest BCUT2D eigenvalue weighted by molar-refractivity contribution is 7.99. The lowest BCUT2D eigenvalue weighted by Gasteiger charge is -1.99. The number of hydrogen-bond donors (Lipinski definition) is 0. The first-order chi connectivity index (χ1) is 6.79. The minimum Gasteiger partial charge on any atom is -0.235 e. The van der Waals surface area contributed by atoms with Crippen LogP contribution in [0.3, 0.4) is 0 Å². The molecule has 0 amide bonds. The van der Waals surface area contributed by atoms with E-state index in [1.54, 1.807) is 0 Å². The Morgan fingerprint density at radius 2 is 2.21 bits per heavy atom. The molecule has 0 atom stereocenters. The van der Waals surface area contributed by atoms with Crippen LogP contribution in [-0.4, -0.2) is 16.1 Å². The molecule has 14 heavy (non-hydrogen) atoms. The lowest BCUT2D eigenvalue weighted by atomic mass is 10.4. The van der Waals surface area contributed by atoms with Gasteiger partial charge in [-0.15, -0.1) is 0 Å². The highest BCUT2D eigenvalue weighted by atomic mass is 32.2. The molecule has 0 radical (unpaired) electrons. The smallest absolute Gasteiger partial charge is 0.235 e. The Morgan fingerprint density at radius 3 is 2.86 bits per heavy atom. The van der Waals surface area contributed by atoms with Gasteiger partial charge >= 0.3 is 0 Å². The highest BCUT2D eigenvalue weighted by Gasteiger charge is 2.09. The topological polar surface area (TPSA) is 8.81 Å². The van der Waals surface area contributed by atoms with Crippen molar-refractivity contribution in [2.24, 2.45) is 0 Å². The van der Waals surface area contributed by atoms with E-state index in [-0.39, 0.29) is 0 Å². The van der Waals surface area contributed by atoms with Crippen LogP contribution in [0.1, 0.15) is 26.1 Å². The Labute approximate surface area is 91.3 Å². The maximum Gasteiger partial charge on any atom is 0.253 e. The molecule has 2 nitrogen and oxygen atoms in total. The zero-order valence-electron chi connectivity index (χ0n) is 9.49. The lowest BCUT2D eigenvalue weighted by molar-refractivity contribution is -0.702. The molecule has 0 saturated heterocycles. The molecular formula is C11H21N2S+. The average molecular weight is 213 g/mol. The zero-order chi connectivity index (χ0) is 10.4. The number of rotatable bonds is 6. The summed E-state index contributed by atoms with van der Waals surface area (Å²) in [7, 11) is 0. The van der Waals surface area contributed by atoms with Gasteiger partial charge in [-0.2, -0.15) is 11.8 Å². The SMILES string of the molecule is CCC[n+]1ccn(CCSCC)c1C. The van der Waals surface area contributed by atoms with Crippen molar-refractivity contribution in [3.63, 3.8) is 0 Å². The van der Waals surface area contributed by atoms with Crippen LogP contribution >= 0.6 is 11.8 Å². The Bertz CT molecular complexity index is 268. The Morgan fingerprint density at radius 1 is 1.43 bits per heavy atom. The van der Waals surface area contributed by atoms with Gasteiger partial charge in [0, 0.05) is 12.7 Å². The standard InChI is InChI=1S/C11H21N2S/c1-4-6-12-7-8-13(11(12)3)9-10-14-5-2/h7-8H,4-6,9-10H2,1-3H3/q+1. The normalized spacial score (nSPS) is 10.8. The van der Waals surface area contributed by atoms with E-state index in [2.05, 4.69) is 42.3 Å². The second-order valence-corrected chi connectivity index (χ2v) is 4.82. The van der Waals surface area contributed by atoms with Gasteiger partial charge in [-0.25, -0.2) is 9.13 Å². The molecule has 3 heteroatoms. The fourth-order valence-corrected chi connectivity index (χ4v) is 2.18. The molecule has 0 aliphatic carbocycles. The van der Waals surface area contributed by atoms with Crippen LogP contribution in [0.2, 0.25) is 0 Å². The van der Waals surface area contributed by atoms with E-state index < -0.39 is 0 Å². The van der Waals surface area contributed by atoms with E-state index in [4.69, 9.17) is 0 Å². The van der Waals surface area contributed by atoms with E-state index >= 15 is 0 Å². The van der Waals surface area contributed by atoms with Crippen LogP contribution in [0.4, 0.5) is 0 Å². The molecule has 1 aromatic heterocycles. The van der Waals surface area contributed by atoms with Crippen molar-refractivity contribution in [2.45, 2.75) is 40.3 Å². The van der Waals surface area contributed by atoms with E-state index in [0.717, 1.165) is 13.1 Å². The summed E-state index contributed by atoms with van der Waals surface area (Å²) < 4.78 is 4.68. The van der Waals surface area contributed by atoms with Crippen molar-refractivity contribution in [3.05, 3.63) is 18.2 Å². The third-order valence-corrected chi connectivity index (χ3v) is 3.28. The van der Waals surface area contributed by atoms with Gasteiger partial charge in [0.2, 0.25) is 0 Å². The molecule has 1 heterocycles. The molecule has 0 N–H and O–H groups in total. The molecule has 80 valence electrons. The van der Waals surface area contributed by atoms with Crippen LogP contribution in [0, 0.1) is 6.92 Å². The van der Waals surface area contributed by atoms with Crippen LogP contribution in [0.5, 0.6) is 0 Å². The van der Waals surface area contributed by atoms with Crippen LogP contribution in [-0.2, 0) is 13.1 Å². The number of nitrogens with zero attached hydrogens (tertiary/aromatic N) is 2. The van der Waals surface area contributed by atoms with Crippen molar-refractivity contribution >= 4 is 11.8 Å². The maximum atomic E-state index is 2.35. The molecule has 0 unspecified atom stereocenters. The molecule has 0 aliphatic heterocycles. The number of aromatic nitrogens is 2. The van der Waals surface area contributed by atoms with E-state index in [1.807, 2.05) is 11.8 Å². The molecule has 0 fully saturated rings. The summed E-state index contributed by atoms with van der Waals surface area (Å²) in [5.74, 6) is 3.82. The predicted molar refractivity (Wildman–Crippen MR) is 62.7 cm³/mol. The quantitative estimate of drug-likeness (QED) is 0.520. The van der Waals surface area contributed by atoms with Crippen LogP contribution in [0.25, 0.3) is 0 Å². The van der Waals surface area contributed by atoms with Gasteiger partial charge < -0.3 is 0 Å². The number of aryl methyl sites for hydroxylation is 2. The van der Waals surface area contributed by atoms with Gasteiger partial charge in [0.25, 0.3) is 5.82 Å². The average Bonchev–Trinajstić information content (AvgIpc) is 2.51. The van der Waals surface area contributed by atoms with Gasteiger partial charge in [0.15, 0.2) is 0 Å². The van der Waals surface area contributed by atoms with Crippen molar-refractivity contribution in [1.29, 1.82) is 0 Å². The first-order valence-electron chi connectivity index (χ1n) is 5.42. The van der Waals surface area contributed by atoms with Gasteiger partial charge in [-0.1, -0.05) is 13.8 Å². The van der Waals surface area contributed by atoms with Crippen molar-refractivity contribution < 1.29 is 4.57 Å². The number of thioether (sulfide) groups is 1. The fraction of sp³-hybridized carbons (Fsp3) is 0.727. The number of imidazole rings is 1. The molecule has 1 rings (SSSR count). The van der Waals surface area contributed by atoms with Crippen molar-refractivity contribution in [1.82, 2.24) is 4.57 Å². The van der Waals surface area contributed by atoms with Gasteiger partial charge in [-0.05, 0) is 12.2 Å². The fourth-order valence-electron chi connectivity index (χ4n) is 1.56. The summed E-state index contributed by atoms with van der Waals surface area (Å²) in [6.45, 7) is 8.91. The Kier molecular flexibility index (Phi) is 5.09. The molecule has 1 aromatic rings. The second kappa shape index (κ2) is 6.12. The van der Waals surface area contributed by atoms with Gasteiger partial charge in [-0.3, -0.25) is 0 Å². The molecule has 0 saturated carbocycles. The Hall–Kier alpha value is -0.440. The zero-order valence-corrected chi connectivity index (χ0v) is 10.3. The van der Waals surface area contributed by atoms with Crippen molar-refractivity contribution in [2.75, 3.05) is 11.5 Å². The summed E-state index contributed by atoms with van der Waals surface area (Å²) in [6.07, 6.45) is 5.59. The van der Waals surface area contributed by atoms with Crippen LogP contribution in [0.15, 0.2) is 12.4 Å². The van der Waals surface area contributed by atoms with E-state index in [9.17, 15) is 0 Å². The van der Waals surface area contributed by atoms with Gasteiger partial charge in [0.1, 0.15) is 12.4 Å². The highest BCUT2D eigenvalue weighted by Crippen LogP contribution is 2.02. The molecule has 0 aromatic carbocycles. The first kappa shape index (κ1) is 11.6. The monoisotopic (exact) mass is 213 g/mol. The van der Waals surface area contributed by atoms with E-state index in [0.29, 0.717) is 0 Å². The summed E-state index contributed by atoms with van der Waals surface area (Å²) in [6, 6.07) is 0. The minimum atomic E-state index is 1.14. The molecule has 0 bridgehead atoms. The number of hydrogen-bond acceptors (Lipinski definition) is 1. The first-order valence-corrected chi connectivity index (χ1v) is 6.58.